The molecule has 3 N–H and O–H groups in total. The van der Waals surface area contributed by atoms with Crippen LogP contribution in [0.1, 0.15) is 85.2 Å². The SMILES string of the molecule is CC[C@@H](C)Nc1cc(C)c(-c2sc(C(=O)NC3CC[C@H](O)C3)nc2C(=O)N2CCC[C@@H]2C)cn1. The summed E-state index contributed by atoms with van der Waals surface area (Å²) in [5.74, 6) is 0.367. The molecular weight excluding hydrogens is 450 g/mol. The molecule has 2 aromatic rings. The van der Waals surface area contributed by atoms with Gasteiger partial charge in [-0.2, -0.15) is 0 Å². The van der Waals surface area contributed by atoms with Crippen molar-refractivity contribution >= 4 is 29.0 Å². The number of aliphatic hydroxyl groups excluding tert-OH is 1. The topological polar surface area (TPSA) is 107 Å². The van der Waals surface area contributed by atoms with Crippen LogP contribution in [0.4, 0.5) is 5.82 Å². The van der Waals surface area contributed by atoms with Crippen LogP contribution in [0.5, 0.6) is 0 Å². The number of aromatic nitrogens is 2. The van der Waals surface area contributed by atoms with E-state index in [4.69, 9.17) is 0 Å². The molecule has 4 atom stereocenters. The third-order valence-electron chi connectivity index (χ3n) is 6.94. The first-order valence-electron chi connectivity index (χ1n) is 12.3. The number of anilines is 1. The summed E-state index contributed by atoms with van der Waals surface area (Å²) in [7, 11) is 0. The number of hydrogen-bond acceptors (Lipinski definition) is 7. The highest BCUT2D eigenvalue weighted by Crippen LogP contribution is 2.35. The maximum absolute atomic E-state index is 13.5. The van der Waals surface area contributed by atoms with Gasteiger partial charge in [-0.05, 0) is 70.9 Å². The van der Waals surface area contributed by atoms with Gasteiger partial charge >= 0.3 is 0 Å². The second-order valence-corrected chi connectivity index (χ2v) is 10.7. The van der Waals surface area contributed by atoms with Crippen LogP contribution < -0.4 is 10.6 Å². The van der Waals surface area contributed by atoms with E-state index in [-0.39, 0.29) is 35.0 Å². The summed E-state index contributed by atoms with van der Waals surface area (Å²) in [5.41, 5.74) is 2.11. The molecule has 34 heavy (non-hydrogen) atoms. The summed E-state index contributed by atoms with van der Waals surface area (Å²) in [6.07, 6.45) is 6.31. The van der Waals surface area contributed by atoms with Crippen molar-refractivity contribution in [1.82, 2.24) is 20.2 Å². The Hall–Kier alpha value is -2.52. The van der Waals surface area contributed by atoms with Gasteiger partial charge in [0.05, 0.1) is 11.0 Å². The number of carbonyl (C=O) groups excluding carboxylic acids is 2. The lowest BCUT2D eigenvalue weighted by Crippen LogP contribution is -2.35. The van der Waals surface area contributed by atoms with Crippen molar-refractivity contribution in [2.75, 3.05) is 11.9 Å². The van der Waals surface area contributed by atoms with Gasteiger partial charge in [-0.3, -0.25) is 9.59 Å². The summed E-state index contributed by atoms with van der Waals surface area (Å²) in [6, 6.07) is 2.37. The van der Waals surface area contributed by atoms with E-state index in [9.17, 15) is 14.7 Å². The van der Waals surface area contributed by atoms with Crippen LogP contribution in [-0.4, -0.2) is 62.6 Å². The Morgan fingerprint density at radius 2 is 2.12 bits per heavy atom. The van der Waals surface area contributed by atoms with Gasteiger partial charge in [-0.1, -0.05) is 6.92 Å². The fourth-order valence-corrected chi connectivity index (χ4v) is 5.71. The van der Waals surface area contributed by atoms with E-state index >= 15 is 0 Å². The van der Waals surface area contributed by atoms with E-state index in [0.717, 1.165) is 42.6 Å². The maximum Gasteiger partial charge on any atom is 0.280 e. The standard InChI is InChI=1S/C25H35N5O3S/c1-5-15(3)27-20-11-14(2)19(13-26-20)22-21(25(33)30-10-6-7-16(30)4)29-24(34-22)23(32)28-17-8-9-18(31)12-17/h11,13,15-18,31H,5-10,12H2,1-4H3,(H,26,27)(H,28,32)/t15-,16+,17?,18+/m1/s1. The lowest BCUT2D eigenvalue weighted by atomic mass is 10.1. The molecule has 1 saturated heterocycles. The van der Waals surface area contributed by atoms with Crippen LogP contribution in [0.3, 0.4) is 0 Å². The molecule has 1 aliphatic heterocycles. The van der Waals surface area contributed by atoms with Gasteiger partial charge in [-0.25, -0.2) is 9.97 Å². The van der Waals surface area contributed by atoms with Crippen LogP contribution in [0.15, 0.2) is 12.3 Å². The van der Waals surface area contributed by atoms with Gasteiger partial charge in [0.15, 0.2) is 5.01 Å². The Kier molecular flexibility index (Phi) is 7.52. The first-order chi connectivity index (χ1) is 16.3. The molecule has 3 heterocycles. The molecule has 4 rings (SSSR count). The van der Waals surface area contributed by atoms with Crippen molar-refractivity contribution in [3.63, 3.8) is 0 Å². The molecule has 0 spiro atoms. The molecule has 2 amide bonds. The van der Waals surface area contributed by atoms with E-state index in [1.54, 1.807) is 6.20 Å². The summed E-state index contributed by atoms with van der Waals surface area (Å²) in [6.45, 7) is 8.97. The van der Waals surface area contributed by atoms with E-state index in [1.807, 2.05) is 17.9 Å². The van der Waals surface area contributed by atoms with Crippen molar-refractivity contribution in [1.29, 1.82) is 0 Å². The fraction of sp³-hybridized carbons (Fsp3) is 0.600. The molecule has 184 valence electrons. The van der Waals surface area contributed by atoms with Gasteiger partial charge in [0, 0.05) is 36.4 Å². The van der Waals surface area contributed by atoms with Crippen molar-refractivity contribution in [3.8, 4) is 10.4 Å². The minimum Gasteiger partial charge on any atom is -0.393 e. The van der Waals surface area contributed by atoms with Crippen LogP contribution in [0.25, 0.3) is 10.4 Å². The molecule has 2 fully saturated rings. The largest absolute Gasteiger partial charge is 0.393 e. The third-order valence-corrected chi connectivity index (χ3v) is 8.03. The van der Waals surface area contributed by atoms with Crippen LogP contribution in [-0.2, 0) is 0 Å². The second kappa shape index (κ2) is 10.4. The molecule has 2 aliphatic rings. The Morgan fingerprint density at radius 3 is 2.74 bits per heavy atom. The molecule has 1 unspecified atom stereocenters. The number of pyridine rings is 1. The zero-order valence-corrected chi connectivity index (χ0v) is 21.2. The van der Waals surface area contributed by atoms with Crippen molar-refractivity contribution < 1.29 is 14.7 Å². The molecule has 9 heteroatoms. The highest BCUT2D eigenvalue weighted by Gasteiger charge is 2.32. The van der Waals surface area contributed by atoms with Crippen LogP contribution >= 0.6 is 11.3 Å². The number of nitrogens with one attached hydrogen (secondary N) is 2. The molecule has 8 nitrogen and oxygen atoms in total. The van der Waals surface area contributed by atoms with Gasteiger partial charge in [0.25, 0.3) is 11.8 Å². The van der Waals surface area contributed by atoms with Crippen LogP contribution in [0.2, 0.25) is 0 Å². The summed E-state index contributed by atoms with van der Waals surface area (Å²) in [5, 5.41) is 16.4. The highest BCUT2D eigenvalue weighted by atomic mass is 32.1. The summed E-state index contributed by atoms with van der Waals surface area (Å²) >= 11 is 1.24. The number of likely N-dealkylation sites (tertiary alicyclic amines) is 1. The van der Waals surface area contributed by atoms with Gasteiger partial charge in [0.1, 0.15) is 11.5 Å². The molecule has 0 radical (unpaired) electrons. The van der Waals surface area contributed by atoms with E-state index in [1.165, 1.54) is 11.3 Å². The van der Waals surface area contributed by atoms with E-state index in [2.05, 4.69) is 41.4 Å². The molecule has 2 aromatic heterocycles. The summed E-state index contributed by atoms with van der Waals surface area (Å²) in [4.78, 5) is 38.2. The summed E-state index contributed by atoms with van der Waals surface area (Å²) < 4.78 is 0. The molecule has 1 aliphatic carbocycles. The van der Waals surface area contributed by atoms with Gasteiger partial charge in [0.2, 0.25) is 0 Å². The van der Waals surface area contributed by atoms with E-state index in [0.29, 0.717) is 36.0 Å². The van der Waals surface area contributed by atoms with Crippen molar-refractivity contribution in [2.45, 2.75) is 90.4 Å². The monoisotopic (exact) mass is 485 g/mol. The fourth-order valence-electron chi connectivity index (χ4n) is 4.68. The first kappa shape index (κ1) is 24.6. The molecule has 0 aromatic carbocycles. The third kappa shape index (κ3) is 5.25. The predicted molar refractivity (Wildman–Crippen MR) is 134 cm³/mol. The van der Waals surface area contributed by atoms with E-state index < -0.39 is 0 Å². The molecular formula is C25H35N5O3S. The smallest absolute Gasteiger partial charge is 0.280 e. The van der Waals surface area contributed by atoms with Gasteiger partial charge in [-0.15, -0.1) is 11.3 Å². The Bertz CT molecular complexity index is 1060. The lowest BCUT2D eigenvalue weighted by molar-refractivity contribution is 0.0743. The number of carbonyl (C=O) groups is 2. The van der Waals surface area contributed by atoms with Crippen LogP contribution in [0, 0.1) is 6.92 Å². The highest BCUT2D eigenvalue weighted by molar-refractivity contribution is 7.17. The minimum atomic E-state index is -0.373. The number of rotatable bonds is 7. The number of nitrogens with zero attached hydrogens (tertiary/aromatic N) is 3. The lowest BCUT2D eigenvalue weighted by Gasteiger charge is -2.21. The minimum absolute atomic E-state index is 0.0677. The normalized spacial score (nSPS) is 23.2. The van der Waals surface area contributed by atoms with Gasteiger partial charge < -0.3 is 20.6 Å². The average molecular weight is 486 g/mol. The Balaban J connectivity index is 1.67. The molecule has 1 saturated carbocycles. The number of aliphatic hydroxyl groups is 1. The molecule has 0 bridgehead atoms. The van der Waals surface area contributed by atoms with Crippen molar-refractivity contribution in [3.05, 3.63) is 28.5 Å². The maximum atomic E-state index is 13.5. The van der Waals surface area contributed by atoms with Crippen molar-refractivity contribution in [2.24, 2.45) is 0 Å². The number of hydrogen-bond donors (Lipinski definition) is 3. The average Bonchev–Trinajstić information content (AvgIpc) is 3.53. The first-order valence-corrected chi connectivity index (χ1v) is 13.1. The zero-order chi connectivity index (χ0) is 24.4. The number of aryl methyl sites for hydroxylation is 1. The second-order valence-electron chi connectivity index (χ2n) is 9.66. The Labute approximate surface area is 205 Å². The zero-order valence-electron chi connectivity index (χ0n) is 20.4. The Morgan fingerprint density at radius 1 is 1.32 bits per heavy atom. The number of thiazole rings is 1. The number of amides is 2. The predicted octanol–water partition coefficient (Wildman–Crippen LogP) is 3.99. The quantitative estimate of drug-likeness (QED) is 0.547.